The number of halogens is 2. The number of benzene rings is 2. The summed E-state index contributed by atoms with van der Waals surface area (Å²) in [5.41, 5.74) is 5.16. The third-order valence-electron chi connectivity index (χ3n) is 5.38. The van der Waals surface area contributed by atoms with Crippen molar-refractivity contribution in [2.45, 2.75) is 12.8 Å². The lowest BCUT2D eigenvalue weighted by molar-refractivity contribution is -0.387. The van der Waals surface area contributed by atoms with Gasteiger partial charge in [-0.05, 0) is 34.0 Å². The Hall–Kier alpha value is -4.24. The maximum absolute atomic E-state index is 15.0. The van der Waals surface area contributed by atoms with Crippen LogP contribution in [0.25, 0.3) is 0 Å². The number of hydrogen-bond acceptors (Lipinski definition) is 9. The van der Waals surface area contributed by atoms with Gasteiger partial charge < -0.3 is 15.2 Å². The lowest BCUT2D eigenvalue weighted by Crippen LogP contribution is -2.41. The first-order chi connectivity index (χ1) is 16.6. The molecule has 2 aromatic carbocycles. The molecule has 180 valence electrons. The van der Waals surface area contributed by atoms with E-state index in [-0.39, 0.29) is 28.2 Å². The summed E-state index contributed by atoms with van der Waals surface area (Å²) in [5.74, 6) is -4.64. The molecular weight excluding hydrogens is 527 g/mol. The van der Waals surface area contributed by atoms with Crippen LogP contribution in [0.3, 0.4) is 0 Å². The molecule has 2 N–H and O–H groups in total. The van der Waals surface area contributed by atoms with E-state index in [1.165, 1.54) is 6.92 Å². The molecule has 12 heteroatoms. The molecule has 0 spiro atoms. The molecule has 3 rings (SSSR count). The molecule has 0 aromatic heterocycles. The molecule has 1 atom stereocenters. The van der Waals surface area contributed by atoms with Gasteiger partial charge in [0.15, 0.2) is 0 Å². The molecule has 0 saturated carbocycles. The first-order valence-electron chi connectivity index (χ1n) is 9.89. The molecule has 1 heterocycles. The Morgan fingerprint density at radius 1 is 1.23 bits per heavy atom. The van der Waals surface area contributed by atoms with Crippen LogP contribution in [0.4, 0.5) is 15.8 Å². The Labute approximate surface area is 207 Å². The third kappa shape index (κ3) is 4.22. The average Bonchev–Trinajstić information content (AvgIpc) is 2.85. The summed E-state index contributed by atoms with van der Waals surface area (Å²) in [6.07, 6.45) is 0. The highest BCUT2D eigenvalue weighted by molar-refractivity contribution is 9.10. The second kappa shape index (κ2) is 9.94. The number of aryl methyl sites for hydroxylation is 1. The van der Waals surface area contributed by atoms with Crippen molar-refractivity contribution in [1.82, 2.24) is 0 Å². The molecule has 0 radical (unpaired) electrons. The standard InChI is InChI=1S/C23H18BrFN4O6/c1-11-9-14(29(32)33)18(25)17(24)19(11)28-20(23(31)35-3)16(22(30)34-2)15(13(10-26)21(28)27)12-7-5-4-6-8-12/h4-9,15H,27H2,1-3H3. The van der Waals surface area contributed by atoms with Gasteiger partial charge in [0.2, 0.25) is 5.82 Å². The minimum Gasteiger partial charge on any atom is -0.466 e. The summed E-state index contributed by atoms with van der Waals surface area (Å²) >= 11 is 3.01. The minimum absolute atomic E-state index is 0.119. The number of nitrogens with zero attached hydrogens (tertiary/aromatic N) is 3. The minimum atomic E-state index is -1.24. The number of nitriles is 1. The van der Waals surface area contributed by atoms with E-state index < -0.39 is 44.5 Å². The number of methoxy groups -OCH3 is 2. The quantitative estimate of drug-likeness (QED) is 0.337. The van der Waals surface area contributed by atoms with Crippen molar-refractivity contribution in [2.75, 3.05) is 19.1 Å². The number of anilines is 1. The molecule has 2 aromatic rings. The lowest BCUT2D eigenvalue weighted by Gasteiger charge is -2.37. The van der Waals surface area contributed by atoms with E-state index >= 15 is 0 Å². The molecular formula is C23H18BrFN4O6. The SMILES string of the molecule is COC(=O)C1=C(C(=O)OC)N(c2c(C)cc([N+](=O)[O-])c(F)c2Br)C(N)=C(C#N)C1c1ccccc1. The fourth-order valence-electron chi connectivity index (χ4n) is 3.88. The molecule has 35 heavy (non-hydrogen) atoms. The molecule has 0 bridgehead atoms. The molecule has 0 aliphatic carbocycles. The predicted octanol–water partition coefficient (Wildman–Crippen LogP) is 3.70. The lowest BCUT2D eigenvalue weighted by atomic mass is 9.80. The van der Waals surface area contributed by atoms with E-state index in [9.17, 15) is 29.4 Å². The van der Waals surface area contributed by atoms with Crippen LogP contribution in [0.2, 0.25) is 0 Å². The summed E-state index contributed by atoms with van der Waals surface area (Å²) in [5, 5.41) is 21.3. The topological polar surface area (TPSA) is 149 Å². The molecule has 0 saturated heterocycles. The summed E-state index contributed by atoms with van der Waals surface area (Å²) < 4.78 is 24.4. The second-order valence-corrected chi connectivity index (χ2v) is 8.07. The normalized spacial score (nSPS) is 15.5. The molecule has 1 aliphatic heterocycles. The molecule has 1 unspecified atom stereocenters. The van der Waals surface area contributed by atoms with Gasteiger partial charge in [-0.3, -0.25) is 15.0 Å². The Morgan fingerprint density at radius 2 is 1.83 bits per heavy atom. The van der Waals surface area contributed by atoms with Crippen molar-refractivity contribution >= 4 is 39.2 Å². The smallest absolute Gasteiger partial charge is 0.355 e. The van der Waals surface area contributed by atoms with Crippen LogP contribution in [0.5, 0.6) is 0 Å². The molecule has 0 fully saturated rings. The van der Waals surface area contributed by atoms with Gasteiger partial charge in [0, 0.05) is 6.07 Å². The predicted molar refractivity (Wildman–Crippen MR) is 125 cm³/mol. The number of nitrogens with two attached hydrogens (primary N) is 1. The van der Waals surface area contributed by atoms with Crippen molar-refractivity contribution in [3.8, 4) is 6.07 Å². The summed E-state index contributed by atoms with van der Waals surface area (Å²) in [4.78, 5) is 37.5. The van der Waals surface area contributed by atoms with Crippen LogP contribution >= 0.6 is 15.9 Å². The number of rotatable bonds is 5. The van der Waals surface area contributed by atoms with Crippen LogP contribution in [-0.2, 0) is 19.1 Å². The van der Waals surface area contributed by atoms with Gasteiger partial charge in [-0.1, -0.05) is 30.3 Å². The van der Waals surface area contributed by atoms with Gasteiger partial charge in [-0.2, -0.15) is 9.65 Å². The number of esters is 2. The Bertz CT molecular complexity index is 1350. The summed E-state index contributed by atoms with van der Waals surface area (Å²) in [6.45, 7) is 1.42. The van der Waals surface area contributed by atoms with E-state index in [2.05, 4.69) is 15.9 Å². The van der Waals surface area contributed by atoms with Crippen molar-refractivity contribution in [3.63, 3.8) is 0 Å². The molecule has 0 amide bonds. The van der Waals surface area contributed by atoms with Gasteiger partial charge in [0.1, 0.15) is 11.5 Å². The number of hydrogen-bond donors (Lipinski definition) is 1. The zero-order chi connectivity index (χ0) is 26.0. The van der Waals surface area contributed by atoms with Crippen LogP contribution in [0, 0.1) is 34.2 Å². The Balaban J connectivity index is 2.51. The average molecular weight is 545 g/mol. The number of carbonyl (C=O) groups excluding carboxylic acids is 2. The van der Waals surface area contributed by atoms with Gasteiger partial charge in [-0.15, -0.1) is 0 Å². The van der Waals surface area contributed by atoms with E-state index in [1.807, 2.05) is 6.07 Å². The Kier molecular flexibility index (Phi) is 7.21. The highest BCUT2D eigenvalue weighted by Gasteiger charge is 2.44. The number of allylic oxidation sites excluding steroid dienone is 1. The van der Waals surface area contributed by atoms with Crippen LogP contribution in [0.1, 0.15) is 17.0 Å². The van der Waals surface area contributed by atoms with Gasteiger partial charge in [-0.25, -0.2) is 9.59 Å². The van der Waals surface area contributed by atoms with E-state index in [0.717, 1.165) is 25.2 Å². The molecule has 1 aliphatic rings. The zero-order valence-corrected chi connectivity index (χ0v) is 20.3. The van der Waals surface area contributed by atoms with Gasteiger partial charge >= 0.3 is 17.6 Å². The first kappa shape index (κ1) is 25.4. The fraction of sp³-hybridized carbons (Fsp3) is 0.174. The second-order valence-electron chi connectivity index (χ2n) is 7.28. The van der Waals surface area contributed by atoms with Crippen molar-refractivity contribution in [3.05, 3.63) is 90.6 Å². The fourth-order valence-corrected chi connectivity index (χ4v) is 4.57. The number of ether oxygens (including phenoxy) is 2. The van der Waals surface area contributed by atoms with Gasteiger partial charge in [0.25, 0.3) is 0 Å². The maximum atomic E-state index is 15.0. The monoisotopic (exact) mass is 544 g/mol. The number of nitro groups is 1. The van der Waals surface area contributed by atoms with Crippen molar-refractivity contribution in [1.29, 1.82) is 5.26 Å². The van der Waals surface area contributed by atoms with E-state index in [0.29, 0.717) is 5.56 Å². The molecule has 10 nitrogen and oxygen atoms in total. The van der Waals surface area contributed by atoms with Crippen LogP contribution in [-0.4, -0.2) is 31.1 Å². The highest BCUT2D eigenvalue weighted by Crippen LogP contribution is 2.47. The van der Waals surface area contributed by atoms with Gasteiger partial charge in [0.05, 0.1) is 52.4 Å². The first-order valence-corrected chi connectivity index (χ1v) is 10.7. The maximum Gasteiger partial charge on any atom is 0.355 e. The van der Waals surface area contributed by atoms with Crippen molar-refractivity contribution in [2.24, 2.45) is 5.73 Å². The van der Waals surface area contributed by atoms with Crippen LogP contribution in [0.15, 0.2) is 63.5 Å². The van der Waals surface area contributed by atoms with Crippen molar-refractivity contribution < 1.29 is 28.4 Å². The van der Waals surface area contributed by atoms with E-state index in [1.54, 1.807) is 30.3 Å². The number of carbonyl (C=O) groups is 2. The summed E-state index contributed by atoms with van der Waals surface area (Å²) in [6, 6.07) is 11.3. The van der Waals surface area contributed by atoms with E-state index in [4.69, 9.17) is 15.2 Å². The number of nitro benzene ring substituents is 1. The zero-order valence-electron chi connectivity index (χ0n) is 18.7. The Morgan fingerprint density at radius 3 is 2.34 bits per heavy atom. The summed E-state index contributed by atoms with van der Waals surface area (Å²) in [7, 11) is 2.16. The van der Waals surface area contributed by atoms with Crippen LogP contribution < -0.4 is 10.6 Å². The third-order valence-corrected chi connectivity index (χ3v) is 6.11. The largest absolute Gasteiger partial charge is 0.466 e. The highest BCUT2D eigenvalue weighted by atomic mass is 79.9.